The summed E-state index contributed by atoms with van der Waals surface area (Å²) >= 11 is 5.44. The summed E-state index contributed by atoms with van der Waals surface area (Å²) < 4.78 is 0. The first-order valence-corrected chi connectivity index (χ1v) is 4.90. The van der Waals surface area contributed by atoms with Crippen LogP contribution in [0.5, 0.6) is 0 Å². The standard InChI is InChI=1S/C10H11ClN2O2/c11-7-9(13-15)6-10(14)12-8-4-2-1-3-5-8/h1-5,15H,6-7H2,(H,12,14). The Morgan fingerprint density at radius 2 is 2.07 bits per heavy atom. The highest BCUT2D eigenvalue weighted by Gasteiger charge is 2.07. The predicted octanol–water partition coefficient (Wildman–Crippen LogP) is 2.08. The number of carbonyl (C=O) groups excluding carboxylic acids is 1. The van der Waals surface area contributed by atoms with E-state index in [1.54, 1.807) is 12.1 Å². The van der Waals surface area contributed by atoms with E-state index >= 15 is 0 Å². The zero-order chi connectivity index (χ0) is 11.1. The Hall–Kier alpha value is -1.55. The Kier molecular flexibility index (Phi) is 4.63. The molecule has 0 saturated heterocycles. The summed E-state index contributed by atoms with van der Waals surface area (Å²) in [7, 11) is 0. The van der Waals surface area contributed by atoms with Gasteiger partial charge in [0.2, 0.25) is 5.91 Å². The van der Waals surface area contributed by atoms with E-state index in [4.69, 9.17) is 16.8 Å². The molecule has 0 aromatic heterocycles. The van der Waals surface area contributed by atoms with E-state index in [-0.39, 0.29) is 23.9 Å². The molecule has 1 aromatic carbocycles. The molecule has 0 aliphatic heterocycles. The molecule has 0 spiro atoms. The normalized spacial score (nSPS) is 11.1. The Bertz CT molecular complexity index is 352. The lowest BCUT2D eigenvalue weighted by Crippen LogP contribution is -2.17. The first-order valence-electron chi connectivity index (χ1n) is 4.37. The van der Waals surface area contributed by atoms with Gasteiger partial charge in [-0.25, -0.2) is 0 Å². The zero-order valence-corrected chi connectivity index (χ0v) is 8.74. The lowest BCUT2D eigenvalue weighted by atomic mass is 10.2. The van der Waals surface area contributed by atoms with Gasteiger partial charge < -0.3 is 10.5 Å². The third-order valence-corrected chi connectivity index (χ3v) is 2.03. The fraction of sp³-hybridized carbons (Fsp3) is 0.200. The van der Waals surface area contributed by atoms with Crippen LogP contribution in [-0.2, 0) is 4.79 Å². The highest BCUT2D eigenvalue weighted by Crippen LogP contribution is 2.05. The molecule has 80 valence electrons. The molecule has 0 radical (unpaired) electrons. The molecule has 1 aromatic rings. The van der Waals surface area contributed by atoms with Crippen LogP contribution in [0.25, 0.3) is 0 Å². The maximum Gasteiger partial charge on any atom is 0.230 e. The molecule has 2 N–H and O–H groups in total. The number of para-hydroxylation sites is 1. The number of carbonyl (C=O) groups is 1. The van der Waals surface area contributed by atoms with Crippen LogP contribution >= 0.6 is 11.6 Å². The Labute approximate surface area is 92.5 Å². The second-order valence-corrected chi connectivity index (χ2v) is 3.16. The second kappa shape index (κ2) is 6.03. The van der Waals surface area contributed by atoms with Crippen molar-refractivity contribution in [1.82, 2.24) is 0 Å². The Morgan fingerprint density at radius 1 is 1.40 bits per heavy atom. The van der Waals surface area contributed by atoms with E-state index in [9.17, 15) is 4.79 Å². The van der Waals surface area contributed by atoms with E-state index in [0.717, 1.165) is 0 Å². The van der Waals surface area contributed by atoms with Crippen molar-refractivity contribution >= 4 is 28.9 Å². The first-order chi connectivity index (χ1) is 7.26. The topological polar surface area (TPSA) is 61.7 Å². The largest absolute Gasteiger partial charge is 0.411 e. The van der Waals surface area contributed by atoms with Crippen molar-refractivity contribution in [2.24, 2.45) is 5.16 Å². The molecule has 0 aliphatic rings. The van der Waals surface area contributed by atoms with Crippen LogP contribution in [0, 0.1) is 0 Å². The van der Waals surface area contributed by atoms with Gasteiger partial charge in [0.25, 0.3) is 0 Å². The van der Waals surface area contributed by atoms with Crippen LogP contribution in [0.15, 0.2) is 35.5 Å². The summed E-state index contributed by atoms with van der Waals surface area (Å²) in [5, 5.41) is 14.0. The molecule has 15 heavy (non-hydrogen) atoms. The fourth-order valence-electron chi connectivity index (χ4n) is 1.02. The summed E-state index contributed by atoms with van der Waals surface area (Å²) in [5.74, 6) is -0.215. The number of nitrogens with one attached hydrogen (secondary N) is 1. The molecule has 4 nitrogen and oxygen atoms in total. The summed E-state index contributed by atoms with van der Waals surface area (Å²) in [4.78, 5) is 11.4. The number of anilines is 1. The van der Waals surface area contributed by atoms with Crippen LogP contribution in [0.4, 0.5) is 5.69 Å². The minimum atomic E-state index is -0.255. The van der Waals surface area contributed by atoms with Crippen molar-refractivity contribution in [2.45, 2.75) is 6.42 Å². The fourth-order valence-corrected chi connectivity index (χ4v) is 1.17. The van der Waals surface area contributed by atoms with Gasteiger partial charge in [0, 0.05) is 5.69 Å². The Balaban J connectivity index is 2.50. The van der Waals surface area contributed by atoms with Gasteiger partial charge in [-0.05, 0) is 12.1 Å². The smallest absolute Gasteiger partial charge is 0.230 e. The molecule has 0 unspecified atom stereocenters. The van der Waals surface area contributed by atoms with Gasteiger partial charge in [0.1, 0.15) is 0 Å². The molecule has 0 heterocycles. The van der Waals surface area contributed by atoms with E-state index in [2.05, 4.69) is 10.5 Å². The van der Waals surface area contributed by atoms with Crippen LogP contribution in [-0.4, -0.2) is 22.7 Å². The minimum absolute atomic E-state index is 0.00507. The van der Waals surface area contributed by atoms with Gasteiger partial charge in [0.15, 0.2) is 0 Å². The number of amides is 1. The third kappa shape index (κ3) is 3.99. The van der Waals surface area contributed by atoms with Gasteiger partial charge in [0.05, 0.1) is 18.0 Å². The second-order valence-electron chi connectivity index (χ2n) is 2.89. The van der Waals surface area contributed by atoms with E-state index in [0.29, 0.717) is 5.69 Å². The maximum atomic E-state index is 11.4. The molecule has 0 fully saturated rings. The predicted molar refractivity (Wildman–Crippen MR) is 59.6 cm³/mol. The molecule has 0 saturated carbocycles. The molecule has 0 atom stereocenters. The molecular formula is C10H11ClN2O2. The average Bonchev–Trinajstić information content (AvgIpc) is 2.27. The quantitative estimate of drug-likeness (QED) is 0.357. The SMILES string of the molecule is O=C(CC(CCl)=NO)Nc1ccccc1. The number of halogens is 1. The van der Waals surface area contributed by atoms with Crippen LogP contribution in [0.2, 0.25) is 0 Å². The summed E-state index contributed by atoms with van der Waals surface area (Å²) in [6.45, 7) is 0. The van der Waals surface area contributed by atoms with Crippen LogP contribution in [0.3, 0.4) is 0 Å². The van der Waals surface area contributed by atoms with Gasteiger partial charge in [-0.2, -0.15) is 0 Å². The van der Waals surface area contributed by atoms with Crippen molar-refractivity contribution in [3.8, 4) is 0 Å². The van der Waals surface area contributed by atoms with Crippen LogP contribution < -0.4 is 5.32 Å². The molecular weight excluding hydrogens is 216 g/mol. The molecule has 5 heteroatoms. The molecule has 0 aliphatic carbocycles. The summed E-state index contributed by atoms with van der Waals surface area (Å²) in [6, 6.07) is 9.04. The third-order valence-electron chi connectivity index (χ3n) is 1.72. The number of rotatable bonds is 4. The first kappa shape index (κ1) is 11.5. The van der Waals surface area contributed by atoms with Gasteiger partial charge in [-0.1, -0.05) is 23.4 Å². The van der Waals surface area contributed by atoms with Gasteiger partial charge >= 0.3 is 0 Å². The van der Waals surface area contributed by atoms with Crippen molar-refractivity contribution < 1.29 is 10.0 Å². The summed E-state index contributed by atoms with van der Waals surface area (Å²) in [6.07, 6.45) is -0.00507. The van der Waals surface area contributed by atoms with Gasteiger partial charge in [-0.15, -0.1) is 11.6 Å². The maximum absolute atomic E-state index is 11.4. The average molecular weight is 227 g/mol. The number of nitrogens with zero attached hydrogens (tertiary/aromatic N) is 1. The lowest BCUT2D eigenvalue weighted by Gasteiger charge is -2.04. The van der Waals surface area contributed by atoms with Crippen molar-refractivity contribution in [3.05, 3.63) is 30.3 Å². The van der Waals surface area contributed by atoms with E-state index in [1.807, 2.05) is 18.2 Å². The van der Waals surface area contributed by atoms with E-state index in [1.165, 1.54) is 0 Å². The van der Waals surface area contributed by atoms with E-state index < -0.39 is 0 Å². The number of benzene rings is 1. The molecule has 0 bridgehead atoms. The highest BCUT2D eigenvalue weighted by molar-refractivity contribution is 6.30. The molecule has 1 amide bonds. The minimum Gasteiger partial charge on any atom is -0.411 e. The Morgan fingerprint density at radius 3 is 2.60 bits per heavy atom. The monoisotopic (exact) mass is 226 g/mol. The number of hydrogen-bond acceptors (Lipinski definition) is 3. The van der Waals surface area contributed by atoms with Gasteiger partial charge in [-0.3, -0.25) is 4.79 Å². The van der Waals surface area contributed by atoms with Crippen LogP contribution in [0.1, 0.15) is 6.42 Å². The summed E-state index contributed by atoms with van der Waals surface area (Å²) in [5.41, 5.74) is 0.944. The number of alkyl halides is 1. The zero-order valence-electron chi connectivity index (χ0n) is 7.98. The van der Waals surface area contributed by atoms with Crippen molar-refractivity contribution in [2.75, 3.05) is 11.2 Å². The lowest BCUT2D eigenvalue weighted by molar-refractivity contribution is -0.115. The molecule has 1 rings (SSSR count). The number of hydrogen-bond donors (Lipinski definition) is 2. The highest BCUT2D eigenvalue weighted by atomic mass is 35.5. The number of oxime groups is 1. The van der Waals surface area contributed by atoms with Crippen molar-refractivity contribution in [3.63, 3.8) is 0 Å². The van der Waals surface area contributed by atoms with Crippen molar-refractivity contribution in [1.29, 1.82) is 0 Å².